The fourth-order valence-electron chi connectivity index (χ4n) is 5.93. The lowest BCUT2D eigenvalue weighted by molar-refractivity contribution is 0.454. The van der Waals surface area contributed by atoms with Gasteiger partial charge in [-0.15, -0.1) is 0 Å². The predicted octanol–water partition coefficient (Wildman–Crippen LogP) is 11.0. The van der Waals surface area contributed by atoms with Crippen LogP contribution in [0.5, 0.6) is 0 Å². The molecule has 1 N–H and O–H groups in total. The first-order valence-corrected chi connectivity index (χ1v) is 15.1. The summed E-state index contributed by atoms with van der Waals surface area (Å²) >= 11 is 0. The molecule has 0 bridgehead atoms. The van der Waals surface area contributed by atoms with Crippen LogP contribution in [0, 0.1) is 0 Å². The van der Waals surface area contributed by atoms with Crippen molar-refractivity contribution in [3.8, 4) is 22.3 Å². The molecule has 0 aliphatic heterocycles. The molecule has 0 saturated heterocycles. The maximum absolute atomic E-state index is 4.84. The third kappa shape index (κ3) is 5.93. The molecule has 0 aliphatic carbocycles. The number of anilines is 4. The van der Waals surface area contributed by atoms with Crippen molar-refractivity contribution in [2.75, 3.05) is 10.2 Å². The number of hydrogen-bond acceptors (Lipinski definition) is 3. The standard InChI is InChI=1S/C40H37N3/c1-3-40(4-2,42-39-29-26-33(30-41-39)31-16-8-5-9-17-31)38-23-15-14-22-37(38)32-24-27-36(28-25-32)43(34-18-10-6-11-19-34)35-20-12-7-13-21-35/h5-30H,3-4H2,1-2H3,(H,41,42). The minimum atomic E-state index is -0.267. The maximum Gasteiger partial charge on any atom is 0.126 e. The lowest BCUT2D eigenvalue weighted by atomic mass is 9.80. The number of nitrogens with one attached hydrogen (secondary N) is 1. The minimum absolute atomic E-state index is 0.267. The van der Waals surface area contributed by atoms with Gasteiger partial charge in [0.25, 0.3) is 0 Å². The molecular formula is C40H37N3. The molecule has 3 nitrogen and oxygen atoms in total. The topological polar surface area (TPSA) is 28.2 Å². The van der Waals surface area contributed by atoms with Gasteiger partial charge < -0.3 is 10.2 Å². The fourth-order valence-corrected chi connectivity index (χ4v) is 5.93. The van der Waals surface area contributed by atoms with Gasteiger partial charge in [0, 0.05) is 28.8 Å². The van der Waals surface area contributed by atoms with Crippen molar-refractivity contribution < 1.29 is 0 Å². The van der Waals surface area contributed by atoms with E-state index in [9.17, 15) is 0 Å². The van der Waals surface area contributed by atoms with Crippen molar-refractivity contribution in [1.82, 2.24) is 4.98 Å². The Bertz CT molecular complexity index is 1690. The van der Waals surface area contributed by atoms with E-state index in [0.717, 1.165) is 41.3 Å². The van der Waals surface area contributed by atoms with Gasteiger partial charge in [0.05, 0.1) is 5.54 Å². The van der Waals surface area contributed by atoms with Crippen LogP contribution in [0.15, 0.2) is 158 Å². The van der Waals surface area contributed by atoms with Crippen LogP contribution in [0.25, 0.3) is 22.3 Å². The average Bonchev–Trinajstić information content (AvgIpc) is 3.09. The lowest BCUT2D eigenvalue weighted by Gasteiger charge is -2.36. The molecule has 0 spiro atoms. The van der Waals surface area contributed by atoms with E-state index >= 15 is 0 Å². The van der Waals surface area contributed by atoms with E-state index in [1.165, 1.54) is 22.3 Å². The van der Waals surface area contributed by atoms with Gasteiger partial charge in [0.15, 0.2) is 0 Å². The number of rotatable bonds is 10. The van der Waals surface area contributed by atoms with Crippen molar-refractivity contribution >= 4 is 22.9 Å². The van der Waals surface area contributed by atoms with Gasteiger partial charge in [-0.25, -0.2) is 4.98 Å². The van der Waals surface area contributed by atoms with Gasteiger partial charge in [-0.1, -0.05) is 117 Å². The van der Waals surface area contributed by atoms with Crippen molar-refractivity contribution in [2.24, 2.45) is 0 Å². The summed E-state index contributed by atoms with van der Waals surface area (Å²) in [6.45, 7) is 4.51. The summed E-state index contributed by atoms with van der Waals surface area (Å²) in [4.78, 5) is 7.13. The second-order valence-corrected chi connectivity index (χ2v) is 10.8. The van der Waals surface area contributed by atoms with Gasteiger partial charge in [0.2, 0.25) is 0 Å². The Labute approximate surface area is 255 Å². The summed E-state index contributed by atoms with van der Waals surface area (Å²) in [5.74, 6) is 0.884. The Morgan fingerprint density at radius 3 is 1.58 bits per heavy atom. The molecule has 0 atom stereocenters. The van der Waals surface area contributed by atoms with Crippen molar-refractivity contribution in [3.05, 3.63) is 163 Å². The van der Waals surface area contributed by atoms with Crippen LogP contribution in [-0.4, -0.2) is 4.98 Å². The quantitative estimate of drug-likeness (QED) is 0.181. The highest BCUT2D eigenvalue weighted by Gasteiger charge is 2.31. The van der Waals surface area contributed by atoms with Crippen LogP contribution in [0.4, 0.5) is 22.9 Å². The average molecular weight is 560 g/mol. The Morgan fingerprint density at radius 2 is 1.02 bits per heavy atom. The number of benzene rings is 5. The Morgan fingerprint density at radius 1 is 0.512 bits per heavy atom. The van der Waals surface area contributed by atoms with E-state index < -0.39 is 0 Å². The first-order chi connectivity index (χ1) is 21.2. The molecule has 1 heterocycles. The van der Waals surface area contributed by atoms with Crippen LogP contribution in [0.1, 0.15) is 32.3 Å². The summed E-state index contributed by atoms with van der Waals surface area (Å²) in [5.41, 5.74) is 9.12. The normalized spacial score (nSPS) is 11.2. The molecule has 0 fully saturated rings. The summed E-state index contributed by atoms with van der Waals surface area (Å²) in [5, 5.41) is 3.85. The first kappa shape index (κ1) is 28.0. The zero-order chi connectivity index (χ0) is 29.5. The zero-order valence-corrected chi connectivity index (χ0v) is 24.8. The Kier molecular flexibility index (Phi) is 8.33. The molecular weight excluding hydrogens is 522 g/mol. The zero-order valence-electron chi connectivity index (χ0n) is 24.8. The minimum Gasteiger partial charge on any atom is -0.361 e. The van der Waals surface area contributed by atoms with Gasteiger partial charge in [-0.05, 0) is 83.6 Å². The summed E-state index contributed by atoms with van der Waals surface area (Å²) < 4.78 is 0. The Hall–Kier alpha value is -5.15. The molecule has 6 aromatic rings. The molecule has 6 rings (SSSR count). The van der Waals surface area contributed by atoms with E-state index in [2.05, 4.69) is 170 Å². The summed E-state index contributed by atoms with van der Waals surface area (Å²) in [6.07, 6.45) is 3.82. The SMILES string of the molecule is CCC(CC)(Nc1ccc(-c2ccccc2)cn1)c1ccccc1-c1ccc(N(c2ccccc2)c2ccccc2)cc1. The smallest absolute Gasteiger partial charge is 0.126 e. The number of pyridine rings is 1. The van der Waals surface area contributed by atoms with Crippen LogP contribution in [0.3, 0.4) is 0 Å². The monoisotopic (exact) mass is 559 g/mol. The molecule has 212 valence electrons. The second kappa shape index (κ2) is 12.8. The fraction of sp³-hybridized carbons (Fsp3) is 0.125. The maximum atomic E-state index is 4.84. The largest absolute Gasteiger partial charge is 0.361 e. The molecule has 1 aromatic heterocycles. The van der Waals surface area contributed by atoms with Gasteiger partial charge in [0.1, 0.15) is 5.82 Å². The number of hydrogen-bond donors (Lipinski definition) is 1. The third-order valence-electron chi connectivity index (χ3n) is 8.35. The van der Waals surface area contributed by atoms with Crippen molar-refractivity contribution in [3.63, 3.8) is 0 Å². The molecule has 0 unspecified atom stereocenters. The third-order valence-corrected chi connectivity index (χ3v) is 8.35. The highest BCUT2D eigenvalue weighted by molar-refractivity contribution is 5.79. The Balaban J connectivity index is 1.33. The number of nitrogens with zero attached hydrogens (tertiary/aromatic N) is 2. The highest BCUT2D eigenvalue weighted by atomic mass is 15.1. The lowest BCUT2D eigenvalue weighted by Crippen LogP contribution is -2.35. The van der Waals surface area contributed by atoms with Crippen LogP contribution < -0.4 is 10.2 Å². The van der Waals surface area contributed by atoms with Crippen LogP contribution in [0.2, 0.25) is 0 Å². The highest BCUT2D eigenvalue weighted by Crippen LogP contribution is 2.40. The van der Waals surface area contributed by atoms with E-state index in [0.29, 0.717) is 0 Å². The van der Waals surface area contributed by atoms with Gasteiger partial charge >= 0.3 is 0 Å². The van der Waals surface area contributed by atoms with E-state index in [1.807, 2.05) is 12.3 Å². The van der Waals surface area contributed by atoms with Crippen molar-refractivity contribution in [2.45, 2.75) is 32.2 Å². The number of aromatic nitrogens is 1. The second-order valence-electron chi connectivity index (χ2n) is 10.8. The van der Waals surface area contributed by atoms with E-state index in [4.69, 9.17) is 4.98 Å². The molecule has 0 radical (unpaired) electrons. The molecule has 0 saturated carbocycles. The van der Waals surface area contributed by atoms with E-state index in [1.54, 1.807) is 0 Å². The number of para-hydroxylation sites is 2. The summed E-state index contributed by atoms with van der Waals surface area (Å²) in [7, 11) is 0. The van der Waals surface area contributed by atoms with Crippen LogP contribution in [-0.2, 0) is 5.54 Å². The molecule has 3 heteroatoms. The van der Waals surface area contributed by atoms with Crippen LogP contribution >= 0.6 is 0 Å². The predicted molar refractivity (Wildman–Crippen MR) is 182 cm³/mol. The van der Waals surface area contributed by atoms with E-state index in [-0.39, 0.29) is 5.54 Å². The van der Waals surface area contributed by atoms with Gasteiger partial charge in [-0.2, -0.15) is 0 Å². The van der Waals surface area contributed by atoms with Gasteiger partial charge in [-0.3, -0.25) is 0 Å². The summed E-state index contributed by atoms with van der Waals surface area (Å²) in [6, 6.07) is 53.4. The van der Waals surface area contributed by atoms with Crippen molar-refractivity contribution in [1.29, 1.82) is 0 Å². The molecule has 43 heavy (non-hydrogen) atoms. The molecule has 0 amide bonds. The molecule has 0 aliphatic rings. The first-order valence-electron chi connectivity index (χ1n) is 15.1. The molecule has 5 aromatic carbocycles.